The molecule has 5 rings (SSSR count). The number of rotatable bonds is 6. The number of hydrogen-bond donors (Lipinski definition) is 3. The predicted molar refractivity (Wildman–Crippen MR) is 152 cm³/mol. The molecule has 0 radical (unpaired) electrons. The third-order valence-electron chi connectivity index (χ3n) is 5.74. The van der Waals surface area contributed by atoms with Gasteiger partial charge in [0.15, 0.2) is 5.13 Å². The third-order valence-corrected chi connectivity index (χ3v) is 6.41. The van der Waals surface area contributed by atoms with Gasteiger partial charge in [-0.1, -0.05) is 18.2 Å². The molecule has 1 aliphatic heterocycles. The van der Waals surface area contributed by atoms with E-state index in [1.165, 1.54) is 40.5 Å². The molecule has 1 aromatic heterocycles. The number of nitrogen functional groups attached to an aromatic ring is 1. The number of hydrogen-bond acceptors (Lipinski definition) is 6. The SMILES string of the molecule is Cl.Cl.Nc1nc(-c2ccc(NC(=O)CN(C(=O)c3ccc(F)cc3)c3ccc4c(c3)NCC4)cc2)cs1. The monoisotopic (exact) mass is 559 g/mol. The van der Waals surface area contributed by atoms with Crippen LogP contribution in [0.2, 0.25) is 0 Å². The van der Waals surface area contributed by atoms with Crippen LogP contribution in [0, 0.1) is 5.82 Å². The summed E-state index contributed by atoms with van der Waals surface area (Å²) in [5.41, 5.74) is 10.9. The zero-order valence-corrected chi connectivity index (χ0v) is 21.9. The first-order valence-electron chi connectivity index (χ1n) is 11.0. The molecule has 192 valence electrons. The van der Waals surface area contributed by atoms with E-state index in [1.807, 2.05) is 35.7 Å². The Morgan fingerprint density at radius 3 is 2.46 bits per heavy atom. The number of carbonyl (C=O) groups excluding carboxylic acids is 2. The van der Waals surface area contributed by atoms with Crippen molar-refractivity contribution < 1.29 is 14.0 Å². The van der Waals surface area contributed by atoms with Gasteiger partial charge in [-0.2, -0.15) is 0 Å². The molecule has 4 N–H and O–H groups in total. The number of carbonyl (C=O) groups is 2. The number of aromatic nitrogens is 1. The predicted octanol–water partition coefficient (Wildman–Crippen LogP) is 5.63. The second-order valence-electron chi connectivity index (χ2n) is 8.11. The number of anilines is 4. The van der Waals surface area contributed by atoms with Gasteiger partial charge in [-0.15, -0.1) is 36.2 Å². The molecule has 0 saturated heterocycles. The summed E-state index contributed by atoms with van der Waals surface area (Å²) in [5, 5.41) is 8.50. The summed E-state index contributed by atoms with van der Waals surface area (Å²) in [6.45, 7) is 0.619. The number of nitrogens with zero attached hydrogens (tertiary/aromatic N) is 2. The fourth-order valence-corrected chi connectivity index (χ4v) is 4.54. The largest absolute Gasteiger partial charge is 0.384 e. The molecule has 0 atom stereocenters. The molecule has 11 heteroatoms. The van der Waals surface area contributed by atoms with Crippen molar-refractivity contribution in [2.45, 2.75) is 6.42 Å². The first kappa shape index (κ1) is 27.9. The van der Waals surface area contributed by atoms with Gasteiger partial charge < -0.3 is 16.4 Å². The van der Waals surface area contributed by atoms with Gasteiger partial charge in [0.2, 0.25) is 5.91 Å². The van der Waals surface area contributed by atoms with Crippen molar-refractivity contribution >= 4 is 70.2 Å². The van der Waals surface area contributed by atoms with Gasteiger partial charge >= 0.3 is 0 Å². The van der Waals surface area contributed by atoms with E-state index < -0.39 is 11.7 Å². The molecule has 0 spiro atoms. The molecular weight excluding hydrogens is 536 g/mol. The Balaban J connectivity index is 0.00000190. The summed E-state index contributed by atoms with van der Waals surface area (Å²) in [4.78, 5) is 32.0. The molecule has 2 heterocycles. The van der Waals surface area contributed by atoms with E-state index in [-0.39, 0.29) is 37.3 Å². The highest BCUT2D eigenvalue weighted by atomic mass is 35.5. The van der Waals surface area contributed by atoms with Crippen LogP contribution in [0.1, 0.15) is 15.9 Å². The van der Waals surface area contributed by atoms with Gasteiger partial charge in [-0.25, -0.2) is 9.37 Å². The smallest absolute Gasteiger partial charge is 0.258 e. The van der Waals surface area contributed by atoms with Crippen molar-refractivity contribution in [3.63, 3.8) is 0 Å². The molecule has 4 aromatic rings. The lowest BCUT2D eigenvalue weighted by Crippen LogP contribution is -2.38. The van der Waals surface area contributed by atoms with Crippen molar-refractivity contribution in [1.82, 2.24) is 4.98 Å². The number of fused-ring (bicyclic) bond motifs is 1. The standard InChI is InChI=1S/C26H22FN5O2S.2ClH/c27-19-6-1-18(2-7-19)25(34)32(21-10-5-17-11-12-29-22(17)13-21)14-24(33)30-20-8-3-16(4-9-20)23-15-35-26(28)31-23;;/h1-10,13,15,29H,11-12,14H2,(H2,28,31)(H,30,33);2*1H. The van der Waals surface area contributed by atoms with E-state index in [1.54, 1.807) is 12.1 Å². The lowest BCUT2D eigenvalue weighted by Gasteiger charge is -2.23. The third kappa shape index (κ3) is 6.37. The van der Waals surface area contributed by atoms with Crippen LogP contribution in [0.25, 0.3) is 11.3 Å². The fraction of sp³-hybridized carbons (Fsp3) is 0.115. The first-order valence-corrected chi connectivity index (χ1v) is 11.9. The molecule has 1 aliphatic rings. The molecule has 37 heavy (non-hydrogen) atoms. The van der Waals surface area contributed by atoms with Gasteiger partial charge in [-0.3, -0.25) is 14.5 Å². The van der Waals surface area contributed by atoms with Crippen molar-refractivity contribution in [1.29, 1.82) is 0 Å². The molecule has 0 bridgehead atoms. The molecule has 0 aliphatic carbocycles. The van der Waals surface area contributed by atoms with Crippen molar-refractivity contribution in [2.75, 3.05) is 34.4 Å². The number of amides is 2. The van der Waals surface area contributed by atoms with Crippen LogP contribution < -0.4 is 21.3 Å². The van der Waals surface area contributed by atoms with E-state index in [4.69, 9.17) is 5.73 Å². The van der Waals surface area contributed by atoms with E-state index >= 15 is 0 Å². The Morgan fingerprint density at radius 2 is 1.78 bits per heavy atom. The van der Waals surface area contributed by atoms with E-state index in [9.17, 15) is 14.0 Å². The van der Waals surface area contributed by atoms with Gasteiger partial charge in [0.05, 0.1) is 5.69 Å². The van der Waals surface area contributed by atoms with Crippen LogP contribution in [-0.4, -0.2) is 29.9 Å². The van der Waals surface area contributed by atoms with E-state index in [0.29, 0.717) is 22.1 Å². The minimum absolute atomic E-state index is 0. The van der Waals surface area contributed by atoms with Crippen molar-refractivity contribution in [3.8, 4) is 11.3 Å². The normalized spacial score (nSPS) is 11.4. The average Bonchev–Trinajstić information content (AvgIpc) is 3.51. The van der Waals surface area contributed by atoms with Crippen molar-refractivity contribution in [3.05, 3.63) is 89.1 Å². The minimum Gasteiger partial charge on any atom is -0.384 e. The highest BCUT2D eigenvalue weighted by Gasteiger charge is 2.23. The van der Waals surface area contributed by atoms with E-state index in [0.717, 1.165) is 35.5 Å². The van der Waals surface area contributed by atoms with E-state index in [2.05, 4.69) is 15.6 Å². The Bertz CT molecular complexity index is 1400. The highest BCUT2D eigenvalue weighted by Crippen LogP contribution is 2.29. The molecule has 0 saturated carbocycles. The Hall–Kier alpha value is -3.66. The fourth-order valence-electron chi connectivity index (χ4n) is 3.96. The topological polar surface area (TPSA) is 100 Å². The van der Waals surface area contributed by atoms with Crippen LogP contribution >= 0.6 is 36.2 Å². The summed E-state index contributed by atoms with van der Waals surface area (Å²) >= 11 is 1.36. The van der Waals surface area contributed by atoms with Crippen molar-refractivity contribution in [2.24, 2.45) is 0 Å². The van der Waals surface area contributed by atoms with Crippen LogP contribution in [-0.2, 0) is 11.2 Å². The Kier molecular flexibility index (Phi) is 9.09. The first-order chi connectivity index (χ1) is 17.0. The molecule has 0 fully saturated rings. The number of nitrogens with two attached hydrogens (primary N) is 1. The summed E-state index contributed by atoms with van der Waals surface area (Å²) in [6.07, 6.45) is 0.908. The van der Waals surface area contributed by atoms with Gasteiger partial charge in [0.1, 0.15) is 12.4 Å². The zero-order valence-electron chi connectivity index (χ0n) is 19.4. The number of thiazole rings is 1. The minimum atomic E-state index is -0.434. The second-order valence-corrected chi connectivity index (χ2v) is 9.00. The summed E-state index contributed by atoms with van der Waals surface area (Å²) in [7, 11) is 0. The Labute approximate surface area is 229 Å². The molecule has 2 amide bonds. The Morgan fingerprint density at radius 1 is 1.05 bits per heavy atom. The quantitative estimate of drug-likeness (QED) is 0.284. The van der Waals surface area contributed by atoms with Crippen LogP contribution in [0.15, 0.2) is 72.1 Å². The number of benzene rings is 3. The van der Waals surface area contributed by atoms with Gasteiger partial charge in [0.25, 0.3) is 5.91 Å². The molecule has 3 aromatic carbocycles. The van der Waals surface area contributed by atoms with Gasteiger partial charge in [-0.05, 0) is 60.5 Å². The summed E-state index contributed by atoms with van der Waals surface area (Å²) < 4.78 is 13.4. The zero-order chi connectivity index (χ0) is 24.4. The maximum Gasteiger partial charge on any atom is 0.258 e. The number of nitrogens with one attached hydrogen (secondary N) is 2. The van der Waals surface area contributed by atoms with Crippen LogP contribution in [0.4, 0.5) is 26.6 Å². The van der Waals surface area contributed by atoms with Gasteiger partial charge in [0, 0.05) is 40.1 Å². The lowest BCUT2D eigenvalue weighted by molar-refractivity contribution is -0.114. The highest BCUT2D eigenvalue weighted by molar-refractivity contribution is 7.13. The molecule has 0 unspecified atom stereocenters. The average molecular weight is 560 g/mol. The molecule has 7 nitrogen and oxygen atoms in total. The maximum atomic E-state index is 13.4. The lowest BCUT2D eigenvalue weighted by atomic mass is 10.1. The molecular formula is C26H24Cl2FN5O2S. The second kappa shape index (κ2) is 12.1. The summed E-state index contributed by atoms with van der Waals surface area (Å²) in [5.74, 6) is -1.19. The summed E-state index contributed by atoms with van der Waals surface area (Å²) in [6, 6.07) is 18.2. The van der Waals surface area contributed by atoms with Crippen LogP contribution in [0.3, 0.4) is 0 Å². The number of halogens is 3. The van der Waals surface area contributed by atoms with Crippen LogP contribution in [0.5, 0.6) is 0 Å². The maximum absolute atomic E-state index is 13.4.